The number of rotatable bonds is 5. The highest BCUT2D eigenvalue weighted by atomic mass is 16.4. The van der Waals surface area contributed by atoms with Crippen molar-refractivity contribution >= 4 is 5.97 Å². The number of aliphatic carboxylic acids is 1. The van der Waals surface area contributed by atoms with E-state index >= 15 is 0 Å². The number of aryl methyl sites for hydroxylation is 1. The predicted octanol–water partition coefficient (Wildman–Crippen LogP) is 2.66. The smallest absolute Gasteiger partial charge is 0.304 e. The monoisotopic (exact) mass is 239 g/mol. The van der Waals surface area contributed by atoms with E-state index in [1.165, 1.54) is 0 Å². The molecule has 0 aliphatic heterocycles. The molecule has 0 aromatic carbocycles. The maximum absolute atomic E-state index is 10.6. The zero-order valence-electron chi connectivity index (χ0n) is 11.0. The Bertz CT molecular complexity index is 376. The van der Waals surface area contributed by atoms with Crippen molar-refractivity contribution in [3.63, 3.8) is 0 Å². The first kappa shape index (κ1) is 13.8. The van der Waals surface area contributed by atoms with Crippen LogP contribution in [-0.4, -0.2) is 28.1 Å². The van der Waals surface area contributed by atoms with Crippen LogP contribution in [0.4, 0.5) is 0 Å². The van der Waals surface area contributed by atoms with Crippen molar-refractivity contribution in [2.75, 3.05) is 6.54 Å². The van der Waals surface area contributed by atoms with Gasteiger partial charge in [0.15, 0.2) is 0 Å². The lowest BCUT2D eigenvalue weighted by Crippen LogP contribution is -2.41. The molecule has 96 valence electrons. The molecule has 4 heteroatoms. The molecule has 1 heterocycles. The molecule has 0 saturated heterocycles. The van der Waals surface area contributed by atoms with Gasteiger partial charge in [-0.05, 0) is 39.8 Å². The number of carboxylic acids is 1. The number of nitrogens with zero attached hydrogens (tertiary/aromatic N) is 1. The van der Waals surface area contributed by atoms with E-state index in [0.717, 1.165) is 11.5 Å². The normalized spacial score (nSPS) is 12.1. The maximum Gasteiger partial charge on any atom is 0.304 e. The molecule has 0 atom stereocenters. The summed E-state index contributed by atoms with van der Waals surface area (Å²) >= 11 is 0. The minimum Gasteiger partial charge on any atom is -0.481 e. The maximum atomic E-state index is 10.6. The Morgan fingerprint density at radius 1 is 1.41 bits per heavy atom. The summed E-state index contributed by atoms with van der Waals surface area (Å²) in [7, 11) is 0. The average molecular weight is 239 g/mol. The van der Waals surface area contributed by atoms with E-state index in [4.69, 9.17) is 9.52 Å². The van der Waals surface area contributed by atoms with Crippen LogP contribution >= 0.6 is 0 Å². The second-order valence-corrected chi connectivity index (χ2v) is 5.25. The van der Waals surface area contributed by atoms with Crippen LogP contribution in [0.2, 0.25) is 0 Å². The van der Waals surface area contributed by atoms with E-state index in [2.05, 4.69) is 25.7 Å². The highest BCUT2D eigenvalue weighted by Gasteiger charge is 2.22. The van der Waals surface area contributed by atoms with Crippen molar-refractivity contribution in [1.29, 1.82) is 0 Å². The highest BCUT2D eigenvalue weighted by molar-refractivity contribution is 5.66. The van der Waals surface area contributed by atoms with E-state index in [-0.39, 0.29) is 12.0 Å². The second kappa shape index (κ2) is 5.36. The van der Waals surface area contributed by atoms with Gasteiger partial charge in [-0.25, -0.2) is 0 Å². The van der Waals surface area contributed by atoms with Crippen LogP contribution in [0.25, 0.3) is 0 Å². The van der Waals surface area contributed by atoms with Gasteiger partial charge in [0, 0.05) is 12.1 Å². The van der Waals surface area contributed by atoms with Crippen LogP contribution in [0.5, 0.6) is 0 Å². The first-order valence-corrected chi connectivity index (χ1v) is 5.81. The first-order chi connectivity index (χ1) is 7.79. The SMILES string of the molecule is Cc1ccc(CN(CCC(=O)O)C(C)(C)C)o1. The van der Waals surface area contributed by atoms with Crippen LogP contribution < -0.4 is 0 Å². The van der Waals surface area contributed by atoms with Crippen molar-refractivity contribution in [3.05, 3.63) is 23.7 Å². The molecule has 0 fully saturated rings. The fraction of sp³-hybridized carbons (Fsp3) is 0.615. The van der Waals surface area contributed by atoms with Gasteiger partial charge in [-0.1, -0.05) is 0 Å². The quantitative estimate of drug-likeness (QED) is 0.858. The van der Waals surface area contributed by atoms with Crippen molar-refractivity contribution < 1.29 is 14.3 Å². The van der Waals surface area contributed by atoms with Crippen molar-refractivity contribution in [2.45, 2.75) is 46.2 Å². The summed E-state index contributed by atoms with van der Waals surface area (Å²) in [6.07, 6.45) is 0.150. The molecule has 4 nitrogen and oxygen atoms in total. The fourth-order valence-corrected chi connectivity index (χ4v) is 1.64. The lowest BCUT2D eigenvalue weighted by atomic mass is 10.1. The second-order valence-electron chi connectivity index (χ2n) is 5.25. The molecule has 0 aliphatic carbocycles. The number of hydrogen-bond acceptors (Lipinski definition) is 3. The Hall–Kier alpha value is -1.29. The molecule has 0 amide bonds. The summed E-state index contributed by atoms with van der Waals surface area (Å²) in [6, 6.07) is 3.86. The molecule has 1 aromatic rings. The van der Waals surface area contributed by atoms with Crippen LogP contribution in [-0.2, 0) is 11.3 Å². The van der Waals surface area contributed by atoms with Gasteiger partial charge in [0.25, 0.3) is 0 Å². The number of furan rings is 1. The topological polar surface area (TPSA) is 53.7 Å². The van der Waals surface area contributed by atoms with E-state index in [9.17, 15) is 4.79 Å². The van der Waals surface area contributed by atoms with Gasteiger partial charge < -0.3 is 9.52 Å². The lowest BCUT2D eigenvalue weighted by Gasteiger charge is -2.34. The Labute approximate surface area is 102 Å². The summed E-state index contributed by atoms with van der Waals surface area (Å²) in [4.78, 5) is 12.7. The molecule has 17 heavy (non-hydrogen) atoms. The largest absolute Gasteiger partial charge is 0.481 e. The fourth-order valence-electron chi connectivity index (χ4n) is 1.64. The number of carboxylic acid groups (broad SMARTS) is 1. The summed E-state index contributed by atoms with van der Waals surface area (Å²) < 4.78 is 5.53. The van der Waals surface area contributed by atoms with Gasteiger partial charge in [-0.3, -0.25) is 9.69 Å². The van der Waals surface area contributed by atoms with E-state index in [1.54, 1.807) is 0 Å². The molecule has 0 aliphatic rings. The summed E-state index contributed by atoms with van der Waals surface area (Å²) in [5, 5.41) is 8.75. The molecule has 0 spiro atoms. The first-order valence-electron chi connectivity index (χ1n) is 5.81. The molecule has 1 N–H and O–H groups in total. The lowest BCUT2D eigenvalue weighted by molar-refractivity contribution is -0.137. The standard InChI is InChI=1S/C13H21NO3/c1-10-5-6-11(17-10)9-14(13(2,3)4)8-7-12(15)16/h5-6H,7-9H2,1-4H3,(H,15,16). The molecular weight excluding hydrogens is 218 g/mol. The van der Waals surface area contributed by atoms with E-state index in [1.807, 2.05) is 19.1 Å². The summed E-state index contributed by atoms with van der Waals surface area (Å²) in [6.45, 7) is 9.30. The highest BCUT2D eigenvalue weighted by Crippen LogP contribution is 2.18. The third-order valence-corrected chi connectivity index (χ3v) is 2.69. The third kappa shape index (κ3) is 4.61. The minimum absolute atomic E-state index is 0.0733. The predicted molar refractivity (Wildman–Crippen MR) is 65.9 cm³/mol. The van der Waals surface area contributed by atoms with Gasteiger partial charge >= 0.3 is 5.97 Å². The Morgan fingerprint density at radius 3 is 2.47 bits per heavy atom. The van der Waals surface area contributed by atoms with Gasteiger partial charge in [-0.2, -0.15) is 0 Å². The van der Waals surface area contributed by atoms with Crippen molar-refractivity contribution in [3.8, 4) is 0 Å². The average Bonchev–Trinajstić information content (AvgIpc) is 2.56. The molecule has 1 rings (SSSR count). The molecule has 1 aromatic heterocycles. The third-order valence-electron chi connectivity index (χ3n) is 2.69. The van der Waals surface area contributed by atoms with Crippen LogP contribution in [0.1, 0.15) is 38.7 Å². The van der Waals surface area contributed by atoms with E-state index in [0.29, 0.717) is 13.1 Å². The molecule has 0 saturated carbocycles. The van der Waals surface area contributed by atoms with Crippen molar-refractivity contribution in [2.24, 2.45) is 0 Å². The van der Waals surface area contributed by atoms with Crippen LogP contribution in [0.3, 0.4) is 0 Å². The van der Waals surface area contributed by atoms with Crippen molar-refractivity contribution in [1.82, 2.24) is 4.90 Å². The van der Waals surface area contributed by atoms with Gasteiger partial charge in [0.05, 0.1) is 13.0 Å². The molecule has 0 unspecified atom stereocenters. The van der Waals surface area contributed by atoms with Gasteiger partial charge in [-0.15, -0.1) is 0 Å². The van der Waals surface area contributed by atoms with E-state index < -0.39 is 5.97 Å². The zero-order valence-corrected chi connectivity index (χ0v) is 11.0. The number of carbonyl (C=O) groups is 1. The minimum atomic E-state index is -0.769. The number of hydrogen-bond donors (Lipinski definition) is 1. The molecular formula is C13H21NO3. The molecule has 0 bridgehead atoms. The van der Waals surface area contributed by atoms with Crippen LogP contribution in [0, 0.1) is 6.92 Å². The summed E-state index contributed by atoms with van der Waals surface area (Å²) in [5.41, 5.74) is -0.0733. The van der Waals surface area contributed by atoms with Gasteiger partial charge in [0.2, 0.25) is 0 Å². The molecule has 0 radical (unpaired) electrons. The zero-order chi connectivity index (χ0) is 13.1. The Kier molecular flexibility index (Phi) is 4.34. The Balaban J connectivity index is 2.67. The van der Waals surface area contributed by atoms with Gasteiger partial charge in [0.1, 0.15) is 11.5 Å². The Morgan fingerprint density at radius 2 is 2.06 bits per heavy atom. The van der Waals surface area contributed by atoms with Crippen LogP contribution in [0.15, 0.2) is 16.5 Å². The summed E-state index contributed by atoms with van der Waals surface area (Å²) in [5.74, 6) is 0.991.